The molecule has 4 unspecified atom stereocenters. The van der Waals surface area contributed by atoms with Crippen LogP contribution >= 0.6 is 0 Å². The van der Waals surface area contributed by atoms with Crippen LogP contribution in [0.5, 0.6) is 0 Å². The van der Waals surface area contributed by atoms with Gasteiger partial charge in [-0.15, -0.1) is 0 Å². The third kappa shape index (κ3) is 2.77. The Labute approximate surface area is 102 Å². The Kier molecular flexibility index (Phi) is 3.66. The first-order valence-corrected chi connectivity index (χ1v) is 7.12. The average molecular weight is 260 g/mol. The van der Waals surface area contributed by atoms with Crippen molar-refractivity contribution in [2.75, 3.05) is 5.75 Å². The van der Waals surface area contributed by atoms with Gasteiger partial charge in [0.15, 0.2) is 0 Å². The van der Waals surface area contributed by atoms with E-state index in [9.17, 15) is 13.8 Å². The molecule has 0 spiro atoms. The van der Waals surface area contributed by atoms with E-state index in [0.29, 0.717) is 18.6 Å². The highest BCUT2D eigenvalue weighted by Gasteiger charge is 2.46. The number of urea groups is 1. The van der Waals surface area contributed by atoms with Crippen LogP contribution in [-0.2, 0) is 15.6 Å². The van der Waals surface area contributed by atoms with Gasteiger partial charge in [0.1, 0.15) is 0 Å². The summed E-state index contributed by atoms with van der Waals surface area (Å²) in [5, 5.41) is 14.0. The van der Waals surface area contributed by atoms with E-state index in [2.05, 4.69) is 10.6 Å². The molecule has 0 aromatic carbocycles. The molecule has 0 bridgehead atoms. The van der Waals surface area contributed by atoms with E-state index < -0.39 is 16.8 Å². The van der Waals surface area contributed by atoms with Crippen molar-refractivity contribution in [1.82, 2.24) is 10.6 Å². The third-order valence-corrected chi connectivity index (χ3v) is 5.15. The van der Waals surface area contributed by atoms with Crippen molar-refractivity contribution in [1.29, 1.82) is 0 Å². The molecule has 0 saturated carbocycles. The van der Waals surface area contributed by atoms with Crippen LogP contribution in [-0.4, -0.2) is 44.4 Å². The van der Waals surface area contributed by atoms with E-state index in [-0.39, 0.29) is 29.8 Å². The smallest absolute Gasteiger partial charge is 0.315 e. The van der Waals surface area contributed by atoms with Crippen LogP contribution in [0.25, 0.3) is 0 Å². The fourth-order valence-electron chi connectivity index (χ4n) is 2.45. The molecule has 2 fully saturated rings. The van der Waals surface area contributed by atoms with Crippen molar-refractivity contribution in [2.45, 2.75) is 43.0 Å². The van der Waals surface area contributed by atoms with Crippen LogP contribution in [0.4, 0.5) is 4.79 Å². The van der Waals surface area contributed by atoms with E-state index in [1.54, 1.807) is 0 Å². The number of fused-ring (bicyclic) bond motifs is 1. The molecule has 0 aromatic rings. The minimum absolute atomic E-state index is 0.0205. The third-order valence-electron chi connectivity index (χ3n) is 3.26. The number of carboxylic acid groups (broad SMARTS) is 1. The molecule has 17 heavy (non-hydrogen) atoms. The Balaban J connectivity index is 1.81. The lowest BCUT2D eigenvalue weighted by Gasteiger charge is -2.15. The molecule has 0 aromatic heterocycles. The number of aliphatic carboxylic acids is 1. The maximum absolute atomic E-state index is 11.8. The Bertz CT molecular complexity index is 360. The van der Waals surface area contributed by atoms with E-state index >= 15 is 0 Å². The maximum Gasteiger partial charge on any atom is 0.315 e. The normalized spacial score (nSPS) is 35.2. The molecule has 2 aliphatic heterocycles. The highest BCUT2D eigenvalue weighted by Crippen LogP contribution is 2.25. The van der Waals surface area contributed by atoms with Gasteiger partial charge in [-0.05, 0) is 12.8 Å². The summed E-state index contributed by atoms with van der Waals surface area (Å²) in [6, 6.07) is -0.256. The zero-order valence-corrected chi connectivity index (χ0v) is 10.2. The molecule has 2 amide bonds. The molecule has 0 aliphatic carbocycles. The van der Waals surface area contributed by atoms with Crippen molar-refractivity contribution < 1.29 is 18.9 Å². The van der Waals surface area contributed by atoms with Crippen LogP contribution in [0, 0.1) is 0 Å². The van der Waals surface area contributed by atoms with Crippen LogP contribution < -0.4 is 10.6 Å². The predicted molar refractivity (Wildman–Crippen MR) is 62.1 cm³/mol. The Morgan fingerprint density at radius 3 is 2.88 bits per heavy atom. The lowest BCUT2D eigenvalue weighted by atomic mass is 10.0. The van der Waals surface area contributed by atoms with Gasteiger partial charge in [-0.25, -0.2) is 4.79 Å². The lowest BCUT2D eigenvalue weighted by molar-refractivity contribution is -0.137. The summed E-state index contributed by atoms with van der Waals surface area (Å²) in [5.74, 6) is -0.293. The van der Waals surface area contributed by atoms with Gasteiger partial charge in [0, 0.05) is 23.0 Å². The van der Waals surface area contributed by atoms with Crippen molar-refractivity contribution >= 4 is 22.8 Å². The number of carbonyl (C=O) groups excluding carboxylic acids is 1. The molecular formula is C10H16N2O4S. The molecule has 2 heterocycles. The van der Waals surface area contributed by atoms with Gasteiger partial charge >= 0.3 is 12.0 Å². The second-order valence-electron chi connectivity index (χ2n) is 4.48. The Morgan fingerprint density at radius 2 is 2.18 bits per heavy atom. The van der Waals surface area contributed by atoms with Crippen molar-refractivity contribution in [2.24, 2.45) is 0 Å². The van der Waals surface area contributed by atoms with Gasteiger partial charge in [0.05, 0.1) is 17.3 Å². The van der Waals surface area contributed by atoms with E-state index in [4.69, 9.17) is 5.11 Å². The summed E-state index contributed by atoms with van der Waals surface area (Å²) in [7, 11) is -0.923. The first kappa shape index (κ1) is 12.3. The molecule has 4 atom stereocenters. The fourth-order valence-corrected chi connectivity index (χ4v) is 4.35. The molecular weight excluding hydrogens is 244 g/mol. The predicted octanol–water partition coefficient (Wildman–Crippen LogP) is -0.188. The molecule has 0 radical (unpaired) electrons. The monoisotopic (exact) mass is 260 g/mol. The van der Waals surface area contributed by atoms with Crippen molar-refractivity contribution in [3.8, 4) is 0 Å². The van der Waals surface area contributed by atoms with Gasteiger partial charge in [-0.1, -0.05) is 6.42 Å². The second-order valence-corrected chi connectivity index (χ2v) is 6.18. The zero-order chi connectivity index (χ0) is 12.4. The summed E-state index contributed by atoms with van der Waals surface area (Å²) in [6.07, 6.45) is 2.20. The molecule has 6 nitrogen and oxygen atoms in total. The summed E-state index contributed by atoms with van der Waals surface area (Å²) in [4.78, 5) is 21.5. The summed E-state index contributed by atoms with van der Waals surface area (Å²) < 4.78 is 11.8. The van der Waals surface area contributed by atoms with Gasteiger partial charge < -0.3 is 15.7 Å². The van der Waals surface area contributed by atoms with E-state index in [1.165, 1.54) is 0 Å². The summed E-state index contributed by atoms with van der Waals surface area (Å²) in [5.41, 5.74) is 0. The lowest BCUT2D eigenvalue weighted by Crippen LogP contribution is -2.38. The fraction of sp³-hybridized carbons (Fsp3) is 0.800. The molecule has 3 N–H and O–H groups in total. The standard InChI is InChI=1S/C10H16N2O4S/c13-8(14)4-2-1-3-7-9-6(5-17(7)16)11-10(15)12-9/h6-7,9H,1-5H2,(H,13,14)(H2,11,12,15). The number of carboxylic acids is 1. The number of hydrogen-bond acceptors (Lipinski definition) is 3. The maximum atomic E-state index is 11.8. The van der Waals surface area contributed by atoms with Crippen molar-refractivity contribution in [3.63, 3.8) is 0 Å². The SMILES string of the molecule is O=C(O)CCCCC1C2NC(=O)NC2CS1=O. The van der Waals surface area contributed by atoms with E-state index in [0.717, 1.165) is 6.42 Å². The molecule has 2 saturated heterocycles. The number of nitrogens with one attached hydrogen (secondary N) is 2. The highest BCUT2D eigenvalue weighted by atomic mass is 32.2. The number of amides is 2. The van der Waals surface area contributed by atoms with Gasteiger partial charge in [0.25, 0.3) is 0 Å². The summed E-state index contributed by atoms with van der Waals surface area (Å²) in [6.45, 7) is 0. The number of carbonyl (C=O) groups is 2. The average Bonchev–Trinajstić information content (AvgIpc) is 2.69. The minimum atomic E-state index is -0.923. The topological polar surface area (TPSA) is 95.5 Å². The van der Waals surface area contributed by atoms with Crippen molar-refractivity contribution in [3.05, 3.63) is 0 Å². The van der Waals surface area contributed by atoms with Crippen LogP contribution in [0.2, 0.25) is 0 Å². The van der Waals surface area contributed by atoms with Gasteiger partial charge in [-0.2, -0.15) is 0 Å². The summed E-state index contributed by atoms with van der Waals surface area (Å²) >= 11 is 0. The first-order chi connectivity index (χ1) is 8.08. The van der Waals surface area contributed by atoms with Crippen LogP contribution in [0.1, 0.15) is 25.7 Å². The first-order valence-electron chi connectivity index (χ1n) is 5.74. The Hall–Kier alpha value is -1.11. The van der Waals surface area contributed by atoms with Gasteiger partial charge in [0.2, 0.25) is 0 Å². The van der Waals surface area contributed by atoms with Crippen LogP contribution in [0.3, 0.4) is 0 Å². The highest BCUT2D eigenvalue weighted by molar-refractivity contribution is 7.86. The number of hydrogen-bond donors (Lipinski definition) is 3. The minimum Gasteiger partial charge on any atom is -0.481 e. The number of rotatable bonds is 5. The number of unbranched alkanes of at least 4 members (excludes halogenated alkanes) is 1. The zero-order valence-electron chi connectivity index (χ0n) is 9.35. The largest absolute Gasteiger partial charge is 0.481 e. The molecule has 7 heteroatoms. The quantitative estimate of drug-likeness (QED) is 0.471. The molecule has 96 valence electrons. The van der Waals surface area contributed by atoms with Gasteiger partial charge in [-0.3, -0.25) is 9.00 Å². The second kappa shape index (κ2) is 5.03. The van der Waals surface area contributed by atoms with E-state index in [1.807, 2.05) is 0 Å². The Morgan fingerprint density at radius 1 is 1.41 bits per heavy atom. The van der Waals surface area contributed by atoms with Crippen LogP contribution in [0.15, 0.2) is 0 Å². The molecule has 2 aliphatic rings. The molecule has 2 rings (SSSR count).